The molecule has 0 atom stereocenters. The van der Waals surface area contributed by atoms with Gasteiger partial charge in [0, 0.05) is 18.5 Å². The molecule has 4 rings (SSSR count). The van der Waals surface area contributed by atoms with Gasteiger partial charge in [-0.25, -0.2) is 9.78 Å². The van der Waals surface area contributed by atoms with Crippen LogP contribution < -0.4 is 15.0 Å². The lowest BCUT2D eigenvalue weighted by Crippen LogP contribution is -2.21. The molecule has 0 saturated heterocycles. The summed E-state index contributed by atoms with van der Waals surface area (Å²) >= 11 is 0. The molecule has 0 amide bonds. The van der Waals surface area contributed by atoms with E-state index >= 15 is 0 Å². The third-order valence-corrected chi connectivity index (χ3v) is 5.09. The highest BCUT2D eigenvalue weighted by atomic mass is 16.5. The number of aryl methyl sites for hydroxylation is 1. The van der Waals surface area contributed by atoms with Gasteiger partial charge in [-0.2, -0.15) is 0 Å². The Morgan fingerprint density at radius 2 is 1.80 bits per heavy atom. The molecule has 8 heteroatoms. The number of rotatable bonds is 6. The number of Topliss-reactive ketones (excluding diaryl/α,β-unsaturated/α-hetero) is 1. The zero-order valence-corrected chi connectivity index (χ0v) is 16.6. The fraction of sp³-hybridized carbons (Fsp3) is 0.273. The monoisotopic (exact) mass is 408 g/mol. The lowest BCUT2D eigenvalue weighted by atomic mass is 10.1. The number of hydrogen-bond donors (Lipinski definition) is 0. The number of methoxy groups -OCH3 is 2. The zero-order valence-electron chi connectivity index (χ0n) is 16.6. The summed E-state index contributed by atoms with van der Waals surface area (Å²) in [4.78, 5) is 41.9. The first kappa shape index (κ1) is 19.6. The van der Waals surface area contributed by atoms with Gasteiger partial charge in [-0.05, 0) is 42.8 Å². The molecule has 3 aromatic rings. The van der Waals surface area contributed by atoms with Crippen LogP contribution in [0.25, 0.3) is 10.9 Å². The summed E-state index contributed by atoms with van der Waals surface area (Å²) in [5.74, 6) is 0.597. The van der Waals surface area contributed by atoms with Gasteiger partial charge in [0.2, 0.25) is 0 Å². The Morgan fingerprint density at radius 1 is 1.03 bits per heavy atom. The zero-order chi connectivity index (χ0) is 21.3. The number of ketones is 1. The Labute approximate surface area is 172 Å². The second-order valence-corrected chi connectivity index (χ2v) is 6.89. The summed E-state index contributed by atoms with van der Waals surface area (Å²) < 4.78 is 17.2. The quantitative estimate of drug-likeness (QED) is 0.456. The van der Waals surface area contributed by atoms with Crippen LogP contribution in [0.15, 0.2) is 41.2 Å². The van der Waals surface area contributed by atoms with Crippen LogP contribution in [0.1, 0.15) is 33.0 Å². The highest BCUT2D eigenvalue weighted by Crippen LogP contribution is 2.27. The fourth-order valence-corrected chi connectivity index (χ4v) is 3.52. The number of carbonyl (C=O) groups excluding carboxylic acids is 2. The summed E-state index contributed by atoms with van der Waals surface area (Å²) in [5.41, 5.74) is 0.923. The predicted molar refractivity (Wildman–Crippen MR) is 108 cm³/mol. The van der Waals surface area contributed by atoms with Gasteiger partial charge < -0.3 is 14.2 Å². The van der Waals surface area contributed by atoms with Crippen molar-refractivity contribution in [3.63, 3.8) is 0 Å². The van der Waals surface area contributed by atoms with Crippen molar-refractivity contribution in [3.8, 4) is 11.5 Å². The number of hydrogen-bond acceptors (Lipinski definition) is 7. The van der Waals surface area contributed by atoms with Gasteiger partial charge in [0.1, 0.15) is 5.82 Å². The van der Waals surface area contributed by atoms with Gasteiger partial charge in [-0.1, -0.05) is 0 Å². The molecule has 0 aliphatic carbocycles. The van der Waals surface area contributed by atoms with Crippen molar-refractivity contribution >= 4 is 22.7 Å². The maximum Gasteiger partial charge on any atom is 0.338 e. The molecule has 8 nitrogen and oxygen atoms in total. The number of esters is 1. The molecular weight excluding hydrogens is 388 g/mol. The van der Waals surface area contributed by atoms with Gasteiger partial charge in [-0.3, -0.25) is 14.2 Å². The van der Waals surface area contributed by atoms with Crippen LogP contribution in [0.3, 0.4) is 0 Å². The normalized spacial score (nSPS) is 12.5. The number of benzene rings is 2. The number of ether oxygens (including phenoxy) is 3. The van der Waals surface area contributed by atoms with Crippen molar-refractivity contribution in [2.75, 3.05) is 20.8 Å². The summed E-state index contributed by atoms with van der Waals surface area (Å²) in [7, 11) is 2.98. The van der Waals surface area contributed by atoms with Gasteiger partial charge in [0.05, 0.1) is 30.7 Å². The number of fused-ring (bicyclic) bond motifs is 2. The average Bonchev–Trinajstić information content (AvgIpc) is 3.25. The topological polar surface area (TPSA) is 96.7 Å². The molecule has 1 aliphatic rings. The molecular formula is C22H20N2O6. The minimum atomic E-state index is -0.659. The van der Waals surface area contributed by atoms with E-state index in [4.69, 9.17) is 14.2 Å². The van der Waals surface area contributed by atoms with Crippen LogP contribution in [0.5, 0.6) is 11.5 Å². The maximum atomic E-state index is 12.5. The van der Waals surface area contributed by atoms with Crippen molar-refractivity contribution in [2.45, 2.75) is 19.4 Å². The minimum Gasteiger partial charge on any atom is -0.493 e. The third kappa shape index (κ3) is 3.52. The van der Waals surface area contributed by atoms with Crippen LogP contribution in [0.2, 0.25) is 0 Å². The first-order valence-electron chi connectivity index (χ1n) is 9.47. The molecule has 1 aromatic heterocycles. The summed E-state index contributed by atoms with van der Waals surface area (Å²) in [6.45, 7) is 0.242. The fourth-order valence-electron chi connectivity index (χ4n) is 3.52. The second-order valence-electron chi connectivity index (χ2n) is 6.89. The van der Waals surface area contributed by atoms with E-state index in [0.717, 1.165) is 18.7 Å². The molecule has 2 heterocycles. The van der Waals surface area contributed by atoms with E-state index in [-0.39, 0.29) is 16.9 Å². The van der Waals surface area contributed by atoms with Crippen molar-refractivity contribution in [1.82, 2.24) is 9.55 Å². The van der Waals surface area contributed by atoms with E-state index in [1.807, 2.05) is 0 Å². The van der Waals surface area contributed by atoms with Gasteiger partial charge in [0.25, 0.3) is 5.56 Å². The summed E-state index contributed by atoms with van der Waals surface area (Å²) in [6, 6.07) is 9.33. The lowest BCUT2D eigenvalue weighted by molar-refractivity contribution is 0.0475. The molecule has 154 valence electrons. The summed E-state index contributed by atoms with van der Waals surface area (Å²) in [5, 5.41) is 0.457. The Kier molecular flexibility index (Phi) is 5.22. The molecule has 0 radical (unpaired) electrons. The van der Waals surface area contributed by atoms with Crippen LogP contribution in [-0.4, -0.2) is 42.1 Å². The SMILES string of the molecule is COc1ccc(C(=O)COC(=O)c2ccc3c(=O)n4c(nc3c2)CCC4)cc1OC. The van der Waals surface area contributed by atoms with Gasteiger partial charge >= 0.3 is 5.97 Å². The Hall–Kier alpha value is -3.68. The molecule has 0 saturated carbocycles. The van der Waals surface area contributed by atoms with E-state index in [0.29, 0.717) is 34.5 Å². The van der Waals surface area contributed by atoms with E-state index < -0.39 is 12.6 Å². The Morgan fingerprint density at radius 3 is 2.57 bits per heavy atom. The Bertz CT molecular complexity index is 1210. The highest BCUT2D eigenvalue weighted by Gasteiger charge is 2.18. The van der Waals surface area contributed by atoms with Gasteiger partial charge in [0.15, 0.2) is 23.9 Å². The van der Waals surface area contributed by atoms with Crippen molar-refractivity contribution in [3.05, 3.63) is 63.7 Å². The third-order valence-electron chi connectivity index (χ3n) is 5.09. The van der Waals surface area contributed by atoms with Gasteiger partial charge in [-0.15, -0.1) is 0 Å². The number of nitrogens with zero attached hydrogens (tertiary/aromatic N) is 2. The maximum absolute atomic E-state index is 12.5. The van der Waals surface area contributed by atoms with E-state index in [1.54, 1.807) is 22.8 Å². The molecule has 0 bridgehead atoms. The van der Waals surface area contributed by atoms with Crippen LogP contribution >= 0.6 is 0 Å². The number of carbonyl (C=O) groups is 2. The minimum absolute atomic E-state index is 0.101. The summed E-state index contributed by atoms with van der Waals surface area (Å²) in [6.07, 6.45) is 1.62. The lowest BCUT2D eigenvalue weighted by Gasteiger charge is -2.10. The largest absolute Gasteiger partial charge is 0.493 e. The van der Waals surface area contributed by atoms with Crippen molar-refractivity contribution in [1.29, 1.82) is 0 Å². The highest BCUT2D eigenvalue weighted by molar-refractivity contribution is 6.00. The molecule has 0 N–H and O–H groups in total. The first-order chi connectivity index (χ1) is 14.5. The van der Waals surface area contributed by atoms with Crippen molar-refractivity contribution < 1.29 is 23.8 Å². The number of aromatic nitrogens is 2. The first-order valence-corrected chi connectivity index (χ1v) is 9.47. The molecule has 0 spiro atoms. The van der Waals surface area contributed by atoms with E-state index in [2.05, 4.69) is 4.98 Å². The van der Waals surface area contributed by atoms with Crippen LogP contribution in [-0.2, 0) is 17.7 Å². The predicted octanol–water partition coefficient (Wildman–Crippen LogP) is 2.40. The molecule has 0 fully saturated rings. The van der Waals surface area contributed by atoms with Crippen molar-refractivity contribution in [2.24, 2.45) is 0 Å². The Balaban J connectivity index is 1.50. The second kappa shape index (κ2) is 7.98. The van der Waals surface area contributed by atoms with Crippen LogP contribution in [0, 0.1) is 0 Å². The smallest absolute Gasteiger partial charge is 0.338 e. The molecule has 30 heavy (non-hydrogen) atoms. The molecule has 2 aromatic carbocycles. The average molecular weight is 408 g/mol. The van der Waals surface area contributed by atoms with E-state index in [1.165, 1.54) is 32.4 Å². The standard InChI is InChI=1S/C22H20N2O6/c1-28-18-8-6-13(11-19(18)29-2)17(25)12-30-22(27)14-5-7-15-16(10-14)23-20-4-3-9-24(20)21(15)26/h5-8,10-11H,3-4,9,12H2,1-2H3. The molecule has 0 unspecified atom stereocenters. The molecule has 1 aliphatic heterocycles. The van der Waals surface area contributed by atoms with E-state index in [9.17, 15) is 14.4 Å². The van der Waals surface area contributed by atoms with Crippen LogP contribution in [0.4, 0.5) is 0 Å².